The first-order chi connectivity index (χ1) is 10.8. The van der Waals surface area contributed by atoms with Gasteiger partial charge in [-0.15, -0.1) is 11.3 Å². The molecule has 0 atom stereocenters. The van der Waals surface area contributed by atoms with Crippen molar-refractivity contribution in [2.24, 2.45) is 0 Å². The number of pyridine rings is 1. The van der Waals surface area contributed by atoms with E-state index in [1.54, 1.807) is 36.1 Å². The summed E-state index contributed by atoms with van der Waals surface area (Å²) >= 11 is 1.58. The van der Waals surface area contributed by atoms with Gasteiger partial charge in [0.1, 0.15) is 15.9 Å². The highest BCUT2D eigenvalue weighted by Gasteiger charge is 2.13. The summed E-state index contributed by atoms with van der Waals surface area (Å²) in [5.74, 6) is 0.674. The molecule has 0 fully saturated rings. The maximum absolute atomic E-state index is 4.65. The second-order valence-corrected chi connectivity index (χ2v) is 5.36. The van der Waals surface area contributed by atoms with Crippen LogP contribution in [-0.2, 0) is 0 Å². The Balaban J connectivity index is 0.000000693. The molecule has 5 nitrogen and oxygen atoms in total. The lowest BCUT2D eigenvalue weighted by atomic mass is 10.2. The number of thiophene rings is 1. The quantitative estimate of drug-likeness (QED) is 0.531. The summed E-state index contributed by atoms with van der Waals surface area (Å²) in [5, 5.41) is 0. The number of hydrogen-bond acceptors (Lipinski definition) is 6. The first-order valence-corrected chi connectivity index (χ1v) is 7.93. The molecule has 0 saturated carbocycles. The second kappa shape index (κ2) is 6.11. The van der Waals surface area contributed by atoms with Crippen LogP contribution in [-0.4, -0.2) is 24.9 Å². The van der Waals surface area contributed by atoms with E-state index in [2.05, 4.69) is 24.9 Å². The lowest BCUT2D eigenvalue weighted by molar-refractivity contribution is 1.16. The van der Waals surface area contributed by atoms with Crippen LogP contribution in [0.25, 0.3) is 32.0 Å². The Morgan fingerprint density at radius 1 is 0.955 bits per heavy atom. The summed E-state index contributed by atoms with van der Waals surface area (Å²) in [6, 6.07) is 3.83. The van der Waals surface area contributed by atoms with E-state index in [-0.39, 0.29) is 0 Å². The summed E-state index contributed by atoms with van der Waals surface area (Å²) in [7, 11) is 0. The summed E-state index contributed by atoms with van der Waals surface area (Å²) in [5.41, 5.74) is 3.55. The SMILES string of the molecule is CC.Cc1nc(-c2cccnc2)nc2c1sc1nccnc12. The van der Waals surface area contributed by atoms with Gasteiger partial charge < -0.3 is 0 Å². The van der Waals surface area contributed by atoms with Crippen LogP contribution in [0, 0.1) is 6.92 Å². The molecule has 4 aromatic rings. The molecule has 0 aromatic carbocycles. The monoisotopic (exact) mass is 309 g/mol. The third-order valence-electron chi connectivity index (χ3n) is 3.04. The van der Waals surface area contributed by atoms with Crippen molar-refractivity contribution in [1.29, 1.82) is 0 Å². The molecule has 6 heteroatoms. The molecule has 0 aliphatic rings. The van der Waals surface area contributed by atoms with Crippen LogP contribution in [0.15, 0.2) is 36.9 Å². The van der Waals surface area contributed by atoms with Gasteiger partial charge in [-0.2, -0.15) is 0 Å². The van der Waals surface area contributed by atoms with Gasteiger partial charge in [-0.3, -0.25) is 4.98 Å². The lowest BCUT2D eigenvalue weighted by Crippen LogP contribution is -1.93. The first-order valence-electron chi connectivity index (χ1n) is 7.11. The van der Waals surface area contributed by atoms with Crippen molar-refractivity contribution < 1.29 is 0 Å². The molecule has 0 N–H and O–H groups in total. The van der Waals surface area contributed by atoms with Gasteiger partial charge in [0.2, 0.25) is 0 Å². The number of nitrogens with zero attached hydrogens (tertiary/aromatic N) is 5. The average molecular weight is 309 g/mol. The Morgan fingerprint density at radius 2 is 1.77 bits per heavy atom. The van der Waals surface area contributed by atoms with E-state index in [1.807, 2.05) is 32.9 Å². The number of aromatic nitrogens is 5. The van der Waals surface area contributed by atoms with E-state index in [0.29, 0.717) is 5.82 Å². The van der Waals surface area contributed by atoms with Crippen LogP contribution in [0.4, 0.5) is 0 Å². The third-order valence-corrected chi connectivity index (χ3v) is 4.23. The smallest absolute Gasteiger partial charge is 0.161 e. The van der Waals surface area contributed by atoms with Crippen molar-refractivity contribution >= 4 is 31.9 Å². The topological polar surface area (TPSA) is 64.5 Å². The van der Waals surface area contributed by atoms with Gasteiger partial charge in [-0.25, -0.2) is 19.9 Å². The zero-order valence-electron chi connectivity index (χ0n) is 12.6. The zero-order valence-corrected chi connectivity index (χ0v) is 13.4. The highest BCUT2D eigenvalue weighted by molar-refractivity contribution is 7.25. The fraction of sp³-hybridized carbons (Fsp3) is 0.188. The summed E-state index contributed by atoms with van der Waals surface area (Å²) in [6.07, 6.45) is 6.89. The minimum Gasteiger partial charge on any atom is -0.264 e. The Bertz CT molecular complexity index is 918. The second-order valence-electron chi connectivity index (χ2n) is 4.36. The molecular weight excluding hydrogens is 294 g/mol. The Labute approximate surface area is 132 Å². The van der Waals surface area contributed by atoms with E-state index < -0.39 is 0 Å². The highest BCUT2D eigenvalue weighted by Crippen LogP contribution is 2.32. The number of fused-ring (bicyclic) bond motifs is 3. The minimum atomic E-state index is 0.674. The molecular formula is C16H15N5S. The van der Waals surface area contributed by atoms with Crippen molar-refractivity contribution in [3.8, 4) is 11.4 Å². The Hall–Kier alpha value is -2.47. The maximum Gasteiger partial charge on any atom is 0.161 e. The molecule has 0 bridgehead atoms. The van der Waals surface area contributed by atoms with Crippen LogP contribution in [0.5, 0.6) is 0 Å². The van der Waals surface area contributed by atoms with E-state index in [0.717, 1.165) is 31.8 Å². The van der Waals surface area contributed by atoms with Gasteiger partial charge >= 0.3 is 0 Å². The van der Waals surface area contributed by atoms with Crippen molar-refractivity contribution in [1.82, 2.24) is 24.9 Å². The fourth-order valence-corrected chi connectivity index (χ4v) is 3.11. The van der Waals surface area contributed by atoms with Gasteiger partial charge in [0, 0.05) is 30.4 Å². The molecule has 0 spiro atoms. The number of aryl methyl sites for hydroxylation is 1. The van der Waals surface area contributed by atoms with Gasteiger partial charge in [0.25, 0.3) is 0 Å². The van der Waals surface area contributed by atoms with Crippen LogP contribution < -0.4 is 0 Å². The molecule has 0 aliphatic carbocycles. The summed E-state index contributed by atoms with van der Waals surface area (Å²) < 4.78 is 1.04. The molecule has 0 amide bonds. The van der Waals surface area contributed by atoms with Crippen molar-refractivity contribution in [3.63, 3.8) is 0 Å². The predicted octanol–water partition coefficient (Wildman–Crippen LogP) is 4.03. The van der Waals surface area contributed by atoms with Crippen LogP contribution in [0.1, 0.15) is 19.5 Å². The van der Waals surface area contributed by atoms with Crippen molar-refractivity contribution in [3.05, 3.63) is 42.6 Å². The molecule has 0 saturated heterocycles. The van der Waals surface area contributed by atoms with E-state index in [9.17, 15) is 0 Å². The van der Waals surface area contributed by atoms with Gasteiger partial charge in [0.15, 0.2) is 5.82 Å². The third kappa shape index (κ3) is 2.42. The predicted molar refractivity (Wildman–Crippen MR) is 89.8 cm³/mol. The summed E-state index contributed by atoms with van der Waals surface area (Å²) in [4.78, 5) is 23.0. The van der Waals surface area contributed by atoms with Gasteiger partial charge in [-0.05, 0) is 19.1 Å². The average Bonchev–Trinajstić information content (AvgIpc) is 2.97. The Kier molecular flexibility index (Phi) is 4.02. The Morgan fingerprint density at radius 3 is 2.55 bits per heavy atom. The van der Waals surface area contributed by atoms with Crippen LogP contribution >= 0.6 is 11.3 Å². The molecule has 0 aliphatic heterocycles. The van der Waals surface area contributed by atoms with Crippen LogP contribution in [0.2, 0.25) is 0 Å². The van der Waals surface area contributed by atoms with Gasteiger partial charge in [0.05, 0.1) is 10.4 Å². The molecule has 4 aromatic heterocycles. The van der Waals surface area contributed by atoms with Crippen molar-refractivity contribution in [2.45, 2.75) is 20.8 Å². The molecule has 4 heterocycles. The van der Waals surface area contributed by atoms with E-state index in [4.69, 9.17) is 0 Å². The van der Waals surface area contributed by atoms with E-state index >= 15 is 0 Å². The van der Waals surface area contributed by atoms with Crippen molar-refractivity contribution in [2.75, 3.05) is 0 Å². The van der Waals surface area contributed by atoms with E-state index in [1.165, 1.54) is 0 Å². The van der Waals surface area contributed by atoms with Crippen LogP contribution in [0.3, 0.4) is 0 Å². The number of rotatable bonds is 1. The number of hydrogen-bond donors (Lipinski definition) is 0. The molecule has 22 heavy (non-hydrogen) atoms. The highest BCUT2D eigenvalue weighted by atomic mass is 32.1. The largest absolute Gasteiger partial charge is 0.264 e. The standard InChI is InChI=1S/C14H9N5S.C2H6/c1-8-12-10(11-14(20-12)17-6-5-16-11)19-13(18-8)9-3-2-4-15-7-9;1-2/h2-7H,1H3;1-2H3. The lowest BCUT2D eigenvalue weighted by Gasteiger charge is -2.01. The molecule has 0 radical (unpaired) electrons. The summed E-state index contributed by atoms with van der Waals surface area (Å²) in [6.45, 7) is 5.99. The normalized spacial score (nSPS) is 10.5. The molecule has 0 unspecified atom stereocenters. The zero-order chi connectivity index (χ0) is 15.5. The molecule has 4 rings (SSSR count). The first kappa shape index (κ1) is 14.5. The minimum absolute atomic E-state index is 0.674. The fourth-order valence-electron chi connectivity index (χ4n) is 2.13. The maximum atomic E-state index is 4.65. The van der Waals surface area contributed by atoms with Gasteiger partial charge in [-0.1, -0.05) is 13.8 Å². The molecule has 110 valence electrons.